The van der Waals surface area contributed by atoms with Gasteiger partial charge in [-0.2, -0.15) is 0 Å². The molecule has 2 aromatic carbocycles. The maximum Gasteiger partial charge on any atom is 0.237 e. The largest absolute Gasteiger partial charge is 0.325 e. The third-order valence-electron chi connectivity index (χ3n) is 5.78. The molecule has 0 N–H and O–H groups in total. The molecule has 1 aliphatic rings. The van der Waals surface area contributed by atoms with Gasteiger partial charge in [-0.1, -0.05) is 70.5 Å². The van der Waals surface area contributed by atoms with E-state index in [1.54, 1.807) is 23.9 Å². The van der Waals surface area contributed by atoms with Gasteiger partial charge in [0.15, 0.2) is 0 Å². The minimum atomic E-state index is -0.243. The summed E-state index contributed by atoms with van der Waals surface area (Å²) in [4.78, 5) is 17.5. The molecule has 1 fully saturated rings. The van der Waals surface area contributed by atoms with Gasteiger partial charge in [-0.25, -0.2) is 4.39 Å². The van der Waals surface area contributed by atoms with Crippen LogP contribution in [0.1, 0.15) is 62.6 Å². The number of amides is 1. The Labute approximate surface area is 191 Å². The van der Waals surface area contributed by atoms with Crippen LogP contribution in [0.3, 0.4) is 0 Å². The van der Waals surface area contributed by atoms with E-state index in [0.717, 1.165) is 43.8 Å². The van der Waals surface area contributed by atoms with E-state index in [0.29, 0.717) is 6.54 Å². The summed E-state index contributed by atoms with van der Waals surface area (Å²) in [5.74, 6) is 0.825. The normalized spacial score (nSPS) is 16.8. The second kappa shape index (κ2) is 10.6. The molecule has 1 atom stereocenters. The lowest BCUT2D eigenvalue weighted by atomic mass is 9.87. The van der Waals surface area contributed by atoms with Gasteiger partial charge in [0.2, 0.25) is 5.91 Å². The summed E-state index contributed by atoms with van der Waals surface area (Å²) in [7, 11) is 0. The number of carbonyl (C=O) groups is 1. The average molecular weight is 443 g/mol. The fourth-order valence-corrected chi connectivity index (χ4v) is 5.15. The Hall–Kier alpha value is -1.85. The summed E-state index contributed by atoms with van der Waals surface area (Å²) in [6.45, 7) is 11.7. The molecule has 0 bridgehead atoms. The molecule has 3 nitrogen and oxygen atoms in total. The predicted molar refractivity (Wildman–Crippen MR) is 129 cm³/mol. The molecule has 0 saturated carbocycles. The van der Waals surface area contributed by atoms with Crippen LogP contribution < -0.4 is 0 Å². The summed E-state index contributed by atoms with van der Waals surface area (Å²) < 4.78 is 13.3. The van der Waals surface area contributed by atoms with Crippen molar-refractivity contribution in [2.45, 2.75) is 57.9 Å². The predicted octanol–water partition coefficient (Wildman–Crippen LogP) is 6.00. The molecule has 1 heterocycles. The van der Waals surface area contributed by atoms with Crippen LogP contribution in [0.4, 0.5) is 4.39 Å². The van der Waals surface area contributed by atoms with Crippen molar-refractivity contribution in [2.24, 2.45) is 0 Å². The topological polar surface area (TPSA) is 23.6 Å². The molecular formula is C26H35FN2OS. The molecule has 0 unspecified atom stereocenters. The van der Waals surface area contributed by atoms with E-state index in [-0.39, 0.29) is 22.5 Å². The molecular weight excluding hydrogens is 407 g/mol. The van der Waals surface area contributed by atoms with E-state index < -0.39 is 0 Å². The first-order valence-electron chi connectivity index (χ1n) is 11.3. The van der Waals surface area contributed by atoms with E-state index in [9.17, 15) is 9.18 Å². The molecule has 0 aromatic heterocycles. The Kier molecular flexibility index (Phi) is 8.17. The summed E-state index contributed by atoms with van der Waals surface area (Å²) in [6, 6.07) is 15.3. The van der Waals surface area contributed by atoms with E-state index in [1.165, 1.54) is 23.3 Å². The first-order chi connectivity index (χ1) is 14.8. The van der Waals surface area contributed by atoms with Gasteiger partial charge in [0.25, 0.3) is 0 Å². The highest BCUT2D eigenvalue weighted by Gasteiger charge is 2.31. The zero-order chi connectivity index (χ0) is 22.4. The smallest absolute Gasteiger partial charge is 0.237 e. The molecule has 1 aliphatic heterocycles. The quantitative estimate of drug-likeness (QED) is 0.501. The first-order valence-corrected chi connectivity index (χ1v) is 12.3. The zero-order valence-corrected chi connectivity index (χ0v) is 20.1. The van der Waals surface area contributed by atoms with Gasteiger partial charge >= 0.3 is 0 Å². The minimum Gasteiger partial charge on any atom is -0.325 e. The van der Waals surface area contributed by atoms with Gasteiger partial charge in [-0.05, 0) is 47.2 Å². The van der Waals surface area contributed by atoms with Crippen molar-refractivity contribution >= 4 is 17.7 Å². The minimum absolute atomic E-state index is 0.0211. The van der Waals surface area contributed by atoms with Crippen LogP contribution in [0.2, 0.25) is 0 Å². The van der Waals surface area contributed by atoms with Crippen LogP contribution in [0.25, 0.3) is 0 Å². The van der Waals surface area contributed by atoms with Gasteiger partial charge in [0.05, 0.1) is 6.54 Å². The summed E-state index contributed by atoms with van der Waals surface area (Å²) >= 11 is 1.75. The van der Waals surface area contributed by atoms with Gasteiger partial charge in [0.1, 0.15) is 11.2 Å². The maximum atomic E-state index is 13.3. The van der Waals surface area contributed by atoms with E-state index in [4.69, 9.17) is 0 Å². The summed E-state index contributed by atoms with van der Waals surface area (Å²) in [5, 5.41) is -0.0211. The van der Waals surface area contributed by atoms with Crippen molar-refractivity contribution in [3.63, 3.8) is 0 Å². The molecule has 2 aromatic rings. The fraction of sp³-hybridized carbons (Fsp3) is 0.500. The monoisotopic (exact) mass is 442 g/mol. The van der Waals surface area contributed by atoms with Crippen molar-refractivity contribution in [3.8, 4) is 0 Å². The van der Waals surface area contributed by atoms with Crippen molar-refractivity contribution in [1.29, 1.82) is 0 Å². The number of nitrogens with zero attached hydrogens (tertiary/aromatic N) is 2. The Morgan fingerprint density at radius 3 is 2.42 bits per heavy atom. The van der Waals surface area contributed by atoms with Crippen LogP contribution in [-0.2, 0) is 16.8 Å². The third-order valence-corrected chi connectivity index (χ3v) is 7.04. The van der Waals surface area contributed by atoms with E-state index >= 15 is 0 Å². The zero-order valence-electron chi connectivity index (χ0n) is 19.2. The Morgan fingerprint density at radius 2 is 1.81 bits per heavy atom. The molecule has 0 spiro atoms. The number of halogens is 1. The second-order valence-electron chi connectivity index (χ2n) is 9.37. The van der Waals surface area contributed by atoms with Crippen LogP contribution >= 0.6 is 11.8 Å². The first kappa shape index (κ1) is 23.8. The molecule has 0 aliphatic carbocycles. The Bertz CT molecular complexity index is 845. The Morgan fingerprint density at radius 1 is 1.13 bits per heavy atom. The number of unbranched alkanes of at least 4 members (excludes halogenated alkanes) is 1. The number of benzene rings is 2. The standard InChI is InChI=1S/C26H35FN2OS/c1-5-6-15-28(18-20-7-11-22(12-8-20)26(2,3)4)19-24(30)29-16-17-31-25(29)21-9-13-23(27)14-10-21/h7-14,25H,5-6,15-19H2,1-4H3/t25-/m0/s1. The maximum absolute atomic E-state index is 13.3. The molecule has 3 rings (SSSR count). The molecule has 31 heavy (non-hydrogen) atoms. The molecule has 168 valence electrons. The molecule has 1 saturated heterocycles. The number of hydrogen-bond acceptors (Lipinski definition) is 3. The SMILES string of the molecule is CCCCN(CC(=O)N1CCS[C@H]1c1ccc(F)cc1)Cc1ccc(C(C)(C)C)cc1. The lowest BCUT2D eigenvalue weighted by Gasteiger charge is -2.28. The lowest BCUT2D eigenvalue weighted by Crippen LogP contribution is -2.40. The van der Waals surface area contributed by atoms with Crippen LogP contribution in [0, 0.1) is 5.82 Å². The van der Waals surface area contributed by atoms with Gasteiger partial charge in [-0.3, -0.25) is 9.69 Å². The van der Waals surface area contributed by atoms with Crippen molar-refractivity contribution in [3.05, 3.63) is 71.0 Å². The third kappa shape index (κ3) is 6.56. The Balaban J connectivity index is 1.68. The highest BCUT2D eigenvalue weighted by atomic mass is 32.2. The number of carbonyl (C=O) groups excluding carboxylic acids is 1. The second-order valence-corrected chi connectivity index (χ2v) is 10.6. The number of rotatable bonds is 8. The number of thioether (sulfide) groups is 1. The van der Waals surface area contributed by atoms with Crippen LogP contribution in [0.15, 0.2) is 48.5 Å². The fourth-order valence-electron chi connectivity index (χ4n) is 3.88. The van der Waals surface area contributed by atoms with E-state index in [2.05, 4.69) is 56.9 Å². The van der Waals surface area contributed by atoms with Crippen LogP contribution in [-0.4, -0.2) is 41.1 Å². The van der Waals surface area contributed by atoms with Gasteiger partial charge < -0.3 is 4.90 Å². The highest BCUT2D eigenvalue weighted by Crippen LogP contribution is 2.38. The summed E-state index contributed by atoms with van der Waals surface area (Å²) in [5.41, 5.74) is 3.70. The average Bonchev–Trinajstić information content (AvgIpc) is 3.22. The van der Waals surface area contributed by atoms with Crippen molar-refractivity contribution in [2.75, 3.05) is 25.4 Å². The highest BCUT2D eigenvalue weighted by molar-refractivity contribution is 7.99. The van der Waals surface area contributed by atoms with Crippen molar-refractivity contribution in [1.82, 2.24) is 9.80 Å². The number of hydrogen-bond donors (Lipinski definition) is 0. The van der Waals surface area contributed by atoms with Crippen LogP contribution in [0.5, 0.6) is 0 Å². The van der Waals surface area contributed by atoms with Gasteiger partial charge in [-0.15, -0.1) is 11.8 Å². The molecule has 1 amide bonds. The lowest BCUT2D eigenvalue weighted by molar-refractivity contribution is -0.132. The molecule has 5 heteroatoms. The van der Waals surface area contributed by atoms with E-state index in [1.807, 2.05) is 4.90 Å². The van der Waals surface area contributed by atoms with Gasteiger partial charge in [0, 0.05) is 18.8 Å². The van der Waals surface area contributed by atoms with Crippen molar-refractivity contribution < 1.29 is 9.18 Å². The summed E-state index contributed by atoms with van der Waals surface area (Å²) in [6.07, 6.45) is 2.18. The molecule has 0 radical (unpaired) electrons.